The lowest BCUT2D eigenvalue weighted by atomic mass is 9.90. The van der Waals surface area contributed by atoms with Gasteiger partial charge < -0.3 is 14.4 Å². The zero-order chi connectivity index (χ0) is 23.6. The van der Waals surface area contributed by atoms with Crippen LogP contribution in [0, 0.1) is 5.92 Å². The summed E-state index contributed by atoms with van der Waals surface area (Å²) in [5.74, 6) is 2.16. The van der Waals surface area contributed by atoms with E-state index >= 15 is 0 Å². The summed E-state index contributed by atoms with van der Waals surface area (Å²) in [6.07, 6.45) is 3.13. The monoisotopic (exact) mass is 464 g/mol. The van der Waals surface area contributed by atoms with Crippen LogP contribution in [0.4, 0.5) is 0 Å². The Labute approximate surface area is 205 Å². The van der Waals surface area contributed by atoms with Crippen molar-refractivity contribution in [1.29, 1.82) is 0 Å². The van der Waals surface area contributed by atoms with Crippen molar-refractivity contribution >= 4 is 16.8 Å². The van der Waals surface area contributed by atoms with Crippen LogP contribution in [0.1, 0.15) is 28.8 Å². The van der Waals surface area contributed by atoms with Crippen LogP contribution in [-0.4, -0.2) is 42.1 Å². The molecule has 35 heavy (non-hydrogen) atoms. The van der Waals surface area contributed by atoms with Gasteiger partial charge in [-0.15, -0.1) is 0 Å². The first-order valence-electron chi connectivity index (χ1n) is 12.4. The fourth-order valence-corrected chi connectivity index (χ4v) is 5.16. The van der Waals surface area contributed by atoms with Crippen molar-refractivity contribution in [1.82, 2.24) is 9.88 Å². The van der Waals surface area contributed by atoms with Crippen LogP contribution in [0.2, 0.25) is 0 Å². The number of benzene rings is 3. The molecule has 1 amide bonds. The fraction of sp³-hybridized carbons (Fsp3) is 0.267. The van der Waals surface area contributed by atoms with Crippen molar-refractivity contribution < 1.29 is 14.3 Å². The minimum atomic E-state index is 0.0838. The molecule has 0 spiro atoms. The molecular formula is C30H28N2O3. The van der Waals surface area contributed by atoms with Crippen LogP contribution in [0.3, 0.4) is 0 Å². The first-order valence-corrected chi connectivity index (χ1v) is 12.4. The SMILES string of the molecule is O=C(c1cc(-c2ccc3c(c2)OCCO3)nc2ccccc12)N1CCC(Cc2ccccc2)CC1. The van der Waals surface area contributed by atoms with Gasteiger partial charge in [-0.05, 0) is 61.1 Å². The number of aromatic nitrogens is 1. The number of pyridine rings is 1. The highest BCUT2D eigenvalue weighted by molar-refractivity contribution is 6.07. The van der Waals surface area contributed by atoms with Gasteiger partial charge in [-0.1, -0.05) is 48.5 Å². The second-order valence-electron chi connectivity index (χ2n) is 9.36. The molecule has 5 heteroatoms. The predicted octanol–water partition coefficient (Wildman–Crippen LogP) is 5.77. The van der Waals surface area contributed by atoms with Crippen molar-refractivity contribution in [3.63, 3.8) is 0 Å². The Hall–Kier alpha value is -3.86. The molecule has 176 valence electrons. The highest BCUT2D eigenvalue weighted by Crippen LogP contribution is 2.35. The summed E-state index contributed by atoms with van der Waals surface area (Å²) in [5, 5.41) is 0.894. The molecule has 3 heterocycles. The standard InChI is InChI=1S/C30H28N2O3/c33-30(32-14-12-22(13-15-32)18-21-6-2-1-3-7-21)25-20-27(31-26-9-5-4-8-24(25)26)23-10-11-28-29(19-23)35-17-16-34-28/h1-11,19-20,22H,12-18H2. The summed E-state index contributed by atoms with van der Waals surface area (Å²) in [6.45, 7) is 2.66. The van der Waals surface area contributed by atoms with Crippen molar-refractivity contribution in [2.45, 2.75) is 19.3 Å². The quantitative estimate of drug-likeness (QED) is 0.385. The molecule has 1 fully saturated rings. The largest absolute Gasteiger partial charge is 0.486 e. The van der Waals surface area contributed by atoms with E-state index in [1.54, 1.807) is 0 Å². The number of nitrogens with zero attached hydrogens (tertiary/aromatic N) is 2. The highest BCUT2D eigenvalue weighted by Gasteiger charge is 2.26. The first-order chi connectivity index (χ1) is 17.2. The third-order valence-corrected chi connectivity index (χ3v) is 7.05. The van der Waals surface area contributed by atoms with Crippen molar-refractivity contribution in [2.75, 3.05) is 26.3 Å². The lowest BCUT2D eigenvalue weighted by molar-refractivity contribution is 0.0692. The number of hydrogen-bond acceptors (Lipinski definition) is 4. The highest BCUT2D eigenvalue weighted by atomic mass is 16.6. The van der Waals surface area contributed by atoms with E-state index in [1.165, 1.54) is 5.56 Å². The number of fused-ring (bicyclic) bond motifs is 2. The summed E-state index contributed by atoms with van der Waals surface area (Å²) in [7, 11) is 0. The van der Waals surface area contributed by atoms with E-state index < -0.39 is 0 Å². The number of hydrogen-bond donors (Lipinski definition) is 0. The first kappa shape index (κ1) is 21.7. The predicted molar refractivity (Wildman–Crippen MR) is 137 cm³/mol. The lowest BCUT2D eigenvalue weighted by Gasteiger charge is -2.32. The number of carbonyl (C=O) groups excluding carboxylic acids is 1. The van der Waals surface area contributed by atoms with Gasteiger partial charge in [-0.2, -0.15) is 0 Å². The van der Waals surface area contributed by atoms with Crippen LogP contribution in [0.25, 0.3) is 22.2 Å². The molecule has 6 rings (SSSR count). The summed E-state index contributed by atoms with van der Waals surface area (Å²) in [6, 6.07) is 26.3. The Morgan fingerprint density at radius 2 is 1.60 bits per heavy atom. The van der Waals surface area contributed by atoms with Gasteiger partial charge >= 0.3 is 0 Å². The topological polar surface area (TPSA) is 51.7 Å². The van der Waals surface area contributed by atoms with E-state index in [0.717, 1.165) is 66.0 Å². The fourth-order valence-electron chi connectivity index (χ4n) is 5.16. The molecule has 0 atom stereocenters. The van der Waals surface area contributed by atoms with Crippen LogP contribution in [0.15, 0.2) is 78.9 Å². The normalized spacial score (nSPS) is 15.8. The number of piperidine rings is 1. The maximum atomic E-state index is 13.7. The van der Waals surface area contributed by atoms with Crippen LogP contribution >= 0.6 is 0 Å². The van der Waals surface area contributed by atoms with Crippen molar-refractivity contribution in [3.8, 4) is 22.8 Å². The summed E-state index contributed by atoms with van der Waals surface area (Å²) in [4.78, 5) is 20.6. The third-order valence-electron chi connectivity index (χ3n) is 7.05. The van der Waals surface area contributed by atoms with Gasteiger partial charge in [0.1, 0.15) is 13.2 Å². The second-order valence-corrected chi connectivity index (χ2v) is 9.36. The summed E-state index contributed by atoms with van der Waals surface area (Å²) < 4.78 is 11.4. The zero-order valence-electron chi connectivity index (χ0n) is 19.7. The molecule has 0 unspecified atom stereocenters. The smallest absolute Gasteiger partial charge is 0.254 e. The number of para-hydroxylation sites is 1. The molecule has 2 aliphatic rings. The van der Waals surface area contributed by atoms with E-state index in [9.17, 15) is 4.79 Å². The molecule has 0 aliphatic carbocycles. The zero-order valence-corrected chi connectivity index (χ0v) is 19.7. The number of amides is 1. The van der Waals surface area contributed by atoms with Crippen LogP contribution in [0.5, 0.6) is 11.5 Å². The van der Waals surface area contributed by atoms with Crippen LogP contribution in [-0.2, 0) is 6.42 Å². The molecule has 0 saturated carbocycles. The maximum absolute atomic E-state index is 13.7. The van der Waals surface area contributed by atoms with Gasteiger partial charge in [0.2, 0.25) is 0 Å². The minimum absolute atomic E-state index is 0.0838. The van der Waals surface area contributed by atoms with Crippen LogP contribution < -0.4 is 9.47 Å². The van der Waals surface area contributed by atoms with E-state index in [4.69, 9.17) is 14.5 Å². The van der Waals surface area contributed by atoms with Crippen molar-refractivity contribution in [2.24, 2.45) is 5.92 Å². The average Bonchev–Trinajstić information content (AvgIpc) is 2.93. The number of carbonyl (C=O) groups is 1. The molecule has 0 N–H and O–H groups in total. The number of rotatable bonds is 4. The Kier molecular flexibility index (Phi) is 5.83. The molecular weight excluding hydrogens is 436 g/mol. The van der Waals surface area contributed by atoms with E-state index in [0.29, 0.717) is 24.7 Å². The lowest BCUT2D eigenvalue weighted by Crippen LogP contribution is -2.39. The number of likely N-dealkylation sites (tertiary alicyclic amines) is 1. The van der Waals surface area contributed by atoms with Gasteiger partial charge in [0.05, 0.1) is 16.8 Å². The van der Waals surface area contributed by atoms with Gasteiger partial charge in [-0.25, -0.2) is 4.98 Å². The third kappa shape index (κ3) is 4.46. The maximum Gasteiger partial charge on any atom is 0.254 e. The molecule has 3 aromatic carbocycles. The van der Waals surface area contributed by atoms with Gasteiger partial charge in [-0.3, -0.25) is 4.79 Å². The average molecular weight is 465 g/mol. The molecule has 5 nitrogen and oxygen atoms in total. The second kappa shape index (κ2) is 9.41. The molecule has 1 aromatic heterocycles. The van der Waals surface area contributed by atoms with Gasteiger partial charge in [0.25, 0.3) is 5.91 Å². The molecule has 4 aromatic rings. The Morgan fingerprint density at radius 3 is 2.43 bits per heavy atom. The summed E-state index contributed by atoms with van der Waals surface area (Å²) >= 11 is 0. The molecule has 0 bridgehead atoms. The Bertz CT molecular complexity index is 1360. The minimum Gasteiger partial charge on any atom is -0.486 e. The van der Waals surface area contributed by atoms with Gasteiger partial charge in [0.15, 0.2) is 11.5 Å². The summed E-state index contributed by atoms with van der Waals surface area (Å²) in [5.41, 5.74) is 4.59. The Morgan fingerprint density at radius 1 is 0.857 bits per heavy atom. The van der Waals surface area contributed by atoms with Crippen molar-refractivity contribution in [3.05, 3.63) is 90.0 Å². The van der Waals surface area contributed by atoms with E-state index in [-0.39, 0.29) is 5.91 Å². The van der Waals surface area contributed by atoms with Gasteiger partial charge in [0, 0.05) is 24.0 Å². The van der Waals surface area contributed by atoms with E-state index in [2.05, 4.69) is 30.3 Å². The number of ether oxygens (including phenoxy) is 2. The van der Waals surface area contributed by atoms with E-state index in [1.807, 2.05) is 53.4 Å². The Balaban J connectivity index is 1.27. The molecule has 2 aliphatic heterocycles. The molecule has 1 saturated heterocycles. The molecule has 0 radical (unpaired) electrons.